The van der Waals surface area contributed by atoms with Gasteiger partial charge in [0.1, 0.15) is 24.1 Å². The number of phosphoric ester groups is 1. The number of anilines is 1. The number of nitrogen functional groups attached to an aromatic ring is 1. The van der Waals surface area contributed by atoms with E-state index in [4.69, 9.17) is 46.9 Å². The molecule has 23 heteroatoms. The average molecular weight is 646 g/mol. The van der Waals surface area contributed by atoms with Gasteiger partial charge in [0, 0.05) is 0 Å². The Balaban J connectivity index is 1.19. The highest BCUT2D eigenvalue weighted by atomic mass is 32.5. The molecular weight excluding hydrogens is 618 g/mol. The van der Waals surface area contributed by atoms with Gasteiger partial charge in [-0.2, -0.15) is 0 Å². The summed E-state index contributed by atoms with van der Waals surface area (Å²) in [4.78, 5) is 32.5. The van der Waals surface area contributed by atoms with Gasteiger partial charge < -0.3 is 65.9 Å². The fourth-order valence-electron chi connectivity index (χ4n) is 5.21. The second kappa shape index (κ2) is 11.0. The zero-order valence-electron chi connectivity index (χ0n) is 20.6. The minimum absolute atomic E-state index is 0.0948. The van der Waals surface area contributed by atoms with Crippen molar-refractivity contribution < 1.29 is 67.8 Å². The van der Waals surface area contributed by atoms with Gasteiger partial charge in [0.15, 0.2) is 29.8 Å². The van der Waals surface area contributed by atoms with Gasteiger partial charge in [-0.05, 0) is 11.8 Å². The number of nitrogens with zero attached hydrogens (tertiary/aromatic N) is 4. The highest BCUT2D eigenvalue weighted by Gasteiger charge is 2.73. The van der Waals surface area contributed by atoms with Gasteiger partial charge in [0.25, 0.3) is 0 Å². The first-order valence-electron chi connectivity index (χ1n) is 11.9. The molecule has 0 bridgehead atoms. The molecule has 0 aromatic carbocycles. The van der Waals surface area contributed by atoms with Crippen LogP contribution < -0.4 is 11.5 Å². The summed E-state index contributed by atoms with van der Waals surface area (Å²) in [6.07, 6.45) is -8.19. The van der Waals surface area contributed by atoms with Gasteiger partial charge >= 0.3 is 14.5 Å². The number of aliphatic hydroxyl groups excluding tert-OH is 5. The van der Waals surface area contributed by atoms with E-state index >= 15 is 0 Å². The molecule has 2 saturated heterocycles. The highest BCUT2D eigenvalue weighted by Crippen LogP contribution is 2.64. The quantitative estimate of drug-likeness (QED) is 0.109. The highest BCUT2D eigenvalue weighted by molar-refractivity contribution is 8.08. The summed E-state index contributed by atoms with van der Waals surface area (Å²) >= 11 is 4.78. The minimum atomic E-state index is -5.31. The van der Waals surface area contributed by atoms with Crippen LogP contribution in [0, 0.1) is 11.8 Å². The predicted molar refractivity (Wildman–Crippen MR) is 134 cm³/mol. The molecule has 0 amide bonds. The topological polar surface area (TPSA) is 321 Å². The smallest absolute Gasteiger partial charge is 0.394 e. The Morgan fingerprint density at radius 3 is 2.59 bits per heavy atom. The third-order valence-corrected chi connectivity index (χ3v) is 10.7. The van der Waals surface area contributed by atoms with E-state index in [-0.39, 0.29) is 17.0 Å². The van der Waals surface area contributed by atoms with E-state index in [1.165, 1.54) is 17.2 Å². The lowest BCUT2D eigenvalue weighted by Crippen LogP contribution is -2.64. The van der Waals surface area contributed by atoms with Crippen molar-refractivity contribution in [1.29, 1.82) is 0 Å². The van der Waals surface area contributed by atoms with Crippen LogP contribution in [-0.4, -0.2) is 122 Å². The third-order valence-electron chi connectivity index (χ3n) is 7.18. The average Bonchev–Trinajstić information content (AvgIpc) is 3.47. The zero-order valence-corrected chi connectivity index (χ0v) is 23.2. The molecule has 0 radical (unpaired) electrons. The number of imidazole rings is 1. The van der Waals surface area contributed by atoms with Gasteiger partial charge in [0.05, 0.1) is 55.7 Å². The minimum Gasteiger partial charge on any atom is -0.394 e. The number of rotatable bonds is 10. The van der Waals surface area contributed by atoms with Crippen LogP contribution in [0.4, 0.5) is 5.82 Å². The molecule has 8 unspecified atom stereocenters. The number of aliphatic hydroxyl groups is 6. The maximum absolute atomic E-state index is 12.6. The molecule has 20 nitrogen and oxygen atoms in total. The van der Waals surface area contributed by atoms with E-state index in [0.717, 1.165) is 0 Å². The van der Waals surface area contributed by atoms with E-state index in [1.54, 1.807) is 0 Å². The second-order valence-corrected chi connectivity index (χ2v) is 14.0. The molecule has 230 valence electrons. The number of hydrogen-bond donors (Lipinski definition) is 10. The van der Waals surface area contributed by atoms with Gasteiger partial charge in [-0.25, -0.2) is 23.8 Å². The molecule has 13 atom stereocenters. The van der Waals surface area contributed by atoms with Gasteiger partial charge in [0.2, 0.25) is 0 Å². The van der Waals surface area contributed by atoms with Crippen LogP contribution in [-0.2, 0) is 39.2 Å². The molecule has 2 aliphatic heterocycles. The van der Waals surface area contributed by atoms with Crippen LogP contribution in [0.3, 0.4) is 0 Å². The van der Waals surface area contributed by atoms with Crippen molar-refractivity contribution in [2.24, 2.45) is 17.6 Å². The van der Waals surface area contributed by atoms with Crippen molar-refractivity contribution in [2.45, 2.75) is 54.9 Å². The number of aromatic nitrogens is 4. The summed E-state index contributed by atoms with van der Waals surface area (Å²) < 4.78 is 39.2. The van der Waals surface area contributed by atoms with Crippen molar-refractivity contribution in [3.05, 3.63) is 12.7 Å². The summed E-state index contributed by atoms with van der Waals surface area (Å²) in [6.45, 7) is -6.07. The van der Waals surface area contributed by atoms with Gasteiger partial charge in [-0.15, -0.1) is 0 Å². The fourth-order valence-corrected chi connectivity index (χ4v) is 8.31. The monoisotopic (exact) mass is 646 g/mol. The summed E-state index contributed by atoms with van der Waals surface area (Å²) in [6, 6.07) is -1.10. The van der Waals surface area contributed by atoms with Crippen LogP contribution in [0.5, 0.6) is 0 Å². The number of phosphoric acid groups is 1. The number of nitrogens with two attached hydrogens (primary N) is 2. The zero-order chi connectivity index (χ0) is 30.1. The molecule has 1 saturated carbocycles. The lowest BCUT2D eigenvalue weighted by Gasteiger charge is -2.49. The predicted octanol–water partition coefficient (Wildman–Crippen LogP) is -4.27. The summed E-state index contributed by atoms with van der Waals surface area (Å²) in [7, 11) is -5.31. The van der Waals surface area contributed by atoms with Crippen LogP contribution >= 0.6 is 14.5 Å². The Kier molecular flexibility index (Phi) is 8.34. The lowest BCUT2D eigenvalue weighted by molar-refractivity contribution is -0.427. The van der Waals surface area contributed by atoms with E-state index in [9.17, 15) is 39.9 Å². The third kappa shape index (κ3) is 5.45. The lowest BCUT2D eigenvalue weighted by atomic mass is 9.86. The molecule has 12 N–H and O–H groups in total. The Morgan fingerprint density at radius 1 is 1.20 bits per heavy atom. The normalized spacial score (nSPS) is 40.6. The molecule has 2 aromatic heterocycles. The molecule has 1 aliphatic carbocycles. The first-order chi connectivity index (χ1) is 19.1. The molecule has 4 heterocycles. The Hall–Kier alpha value is -1.33. The van der Waals surface area contributed by atoms with E-state index in [0.29, 0.717) is 0 Å². The van der Waals surface area contributed by atoms with E-state index in [1.807, 2.05) is 0 Å². The van der Waals surface area contributed by atoms with Crippen molar-refractivity contribution in [3.8, 4) is 0 Å². The number of hydrogen-bond acceptors (Lipinski definition) is 18. The molecular formula is C18H28N6O14P2S. The first kappa shape index (κ1) is 31.1. The molecule has 5 rings (SSSR count). The van der Waals surface area contributed by atoms with Gasteiger partial charge in [-0.1, -0.05) is 0 Å². The standard InChI is InChI=1S/C18H28N6O14P2S/c19-9-6(35-16(13(9)29)24-4-23-10-14(20)21-3-22-15(10)24)2-34-40(33,41)38-39(31,32)37-17-8-12(28)11(27)7(5(26)1-25)18(8,30)36-17/h3-9,11-13,16-17,25-30H,1-2,19H2,(H,31,32)(H,33,41)(H2,20,21,22)/t5-,6+,7?,8?,9+,11?,12?,13+,16+,17?,18?,40?/m0/s1. The Labute approximate surface area is 234 Å². The summed E-state index contributed by atoms with van der Waals surface area (Å²) in [5, 5.41) is 60.7. The van der Waals surface area contributed by atoms with Gasteiger partial charge in [-0.3, -0.25) is 9.09 Å². The van der Waals surface area contributed by atoms with Crippen LogP contribution in [0.25, 0.3) is 11.2 Å². The Morgan fingerprint density at radius 2 is 1.90 bits per heavy atom. The summed E-state index contributed by atoms with van der Waals surface area (Å²) in [5.74, 6) is -5.43. The van der Waals surface area contributed by atoms with Crippen molar-refractivity contribution in [3.63, 3.8) is 0 Å². The molecule has 3 fully saturated rings. The van der Waals surface area contributed by atoms with E-state index in [2.05, 4.69) is 19.3 Å². The first-order valence-corrected chi connectivity index (χ1v) is 16.0. The van der Waals surface area contributed by atoms with Crippen LogP contribution in [0.2, 0.25) is 0 Å². The molecule has 0 spiro atoms. The van der Waals surface area contributed by atoms with Crippen molar-refractivity contribution in [2.75, 3.05) is 18.9 Å². The molecule has 41 heavy (non-hydrogen) atoms. The largest absolute Gasteiger partial charge is 0.481 e. The molecule has 3 aliphatic rings. The maximum Gasteiger partial charge on any atom is 0.481 e. The van der Waals surface area contributed by atoms with Crippen LogP contribution in [0.15, 0.2) is 12.7 Å². The van der Waals surface area contributed by atoms with Crippen LogP contribution in [0.1, 0.15) is 6.23 Å². The Bertz CT molecular complexity index is 1390. The SMILES string of the molecule is Nc1ncnc2c1ncn2[C@@H]1O[C@H](COP(O)(=S)OP(=O)(O)OC2OC3(O)C2C(O)C(O)C3[C@@H](O)CO)[C@@H](N)[C@H]1O. The van der Waals surface area contributed by atoms with Crippen molar-refractivity contribution >= 4 is 43.3 Å². The second-order valence-electron chi connectivity index (χ2n) is 9.66. The fraction of sp³-hybridized carbons (Fsp3) is 0.722. The summed E-state index contributed by atoms with van der Waals surface area (Å²) in [5.41, 5.74) is 12.3. The van der Waals surface area contributed by atoms with Crippen molar-refractivity contribution in [1.82, 2.24) is 19.5 Å². The van der Waals surface area contributed by atoms with E-state index < -0.39 is 94.5 Å². The molecule has 2 aromatic rings. The maximum atomic E-state index is 12.6. The number of fused-ring (bicyclic) bond motifs is 2. The number of ether oxygens (including phenoxy) is 2.